The van der Waals surface area contributed by atoms with E-state index in [1.807, 2.05) is 56.3 Å². The van der Waals surface area contributed by atoms with Crippen molar-refractivity contribution in [2.45, 2.75) is 6.92 Å². The summed E-state index contributed by atoms with van der Waals surface area (Å²) in [7, 11) is 3.76. The zero-order valence-corrected chi connectivity index (χ0v) is 12.9. The van der Waals surface area contributed by atoms with Gasteiger partial charge >= 0.3 is 0 Å². The number of carbonyl (C=O) groups is 1. The lowest BCUT2D eigenvalue weighted by molar-refractivity contribution is -0.123. The van der Waals surface area contributed by atoms with Gasteiger partial charge in [-0.05, 0) is 24.6 Å². The van der Waals surface area contributed by atoms with Crippen molar-refractivity contribution in [2.75, 3.05) is 25.6 Å². The van der Waals surface area contributed by atoms with Crippen LogP contribution >= 0.6 is 0 Å². The average Bonchev–Trinajstić information content (AvgIpc) is 2.95. The van der Waals surface area contributed by atoms with Crippen LogP contribution in [0.3, 0.4) is 0 Å². The van der Waals surface area contributed by atoms with Gasteiger partial charge in [-0.3, -0.25) is 4.79 Å². The predicted octanol–water partition coefficient (Wildman–Crippen LogP) is 2.18. The maximum absolute atomic E-state index is 11.6. The highest BCUT2D eigenvalue weighted by Crippen LogP contribution is 2.16. The fourth-order valence-electron chi connectivity index (χ4n) is 1.71. The quantitative estimate of drug-likeness (QED) is 0.656. The van der Waals surface area contributed by atoms with Gasteiger partial charge in [0.1, 0.15) is 11.5 Å². The van der Waals surface area contributed by atoms with Gasteiger partial charge in [0.15, 0.2) is 12.5 Å². The third kappa shape index (κ3) is 4.37. The Morgan fingerprint density at radius 3 is 2.77 bits per heavy atom. The Kier molecular flexibility index (Phi) is 5.19. The van der Waals surface area contributed by atoms with E-state index in [-0.39, 0.29) is 12.5 Å². The van der Waals surface area contributed by atoms with Crippen molar-refractivity contribution in [2.24, 2.45) is 5.10 Å². The number of rotatable bonds is 6. The van der Waals surface area contributed by atoms with Crippen LogP contribution in [-0.2, 0) is 4.79 Å². The van der Waals surface area contributed by atoms with E-state index in [9.17, 15) is 4.79 Å². The first-order valence-corrected chi connectivity index (χ1v) is 6.84. The van der Waals surface area contributed by atoms with Gasteiger partial charge in [-0.15, -0.1) is 0 Å². The molecule has 0 saturated heterocycles. The van der Waals surface area contributed by atoms with Crippen LogP contribution < -0.4 is 15.1 Å². The fraction of sp³-hybridized carbons (Fsp3) is 0.250. The zero-order chi connectivity index (χ0) is 15.9. The van der Waals surface area contributed by atoms with Crippen molar-refractivity contribution < 1.29 is 13.9 Å². The van der Waals surface area contributed by atoms with Crippen LogP contribution in [0.4, 0.5) is 5.88 Å². The summed E-state index contributed by atoms with van der Waals surface area (Å²) in [4.78, 5) is 13.5. The molecule has 0 saturated carbocycles. The molecule has 0 bridgehead atoms. The van der Waals surface area contributed by atoms with Crippen LogP contribution in [0.1, 0.15) is 11.3 Å². The summed E-state index contributed by atoms with van der Waals surface area (Å²) in [6, 6.07) is 11.1. The standard InChI is InChI=1S/C16H19N3O3/c1-12-6-4-5-7-14(12)21-11-15(20)18-17-10-13-8-9-16(22-13)19(2)3/h4-10H,11H2,1-3H3,(H,18,20)/b17-10+. The molecule has 1 N–H and O–H groups in total. The molecule has 0 fully saturated rings. The monoisotopic (exact) mass is 301 g/mol. The van der Waals surface area contributed by atoms with Gasteiger partial charge in [-0.2, -0.15) is 5.10 Å². The topological polar surface area (TPSA) is 67.1 Å². The van der Waals surface area contributed by atoms with Gasteiger partial charge in [-0.1, -0.05) is 18.2 Å². The number of hydrogen-bond donors (Lipinski definition) is 1. The van der Waals surface area contributed by atoms with Crippen molar-refractivity contribution in [3.8, 4) is 5.75 Å². The first-order valence-electron chi connectivity index (χ1n) is 6.84. The number of benzene rings is 1. The van der Waals surface area contributed by atoms with Crippen molar-refractivity contribution in [3.05, 3.63) is 47.7 Å². The van der Waals surface area contributed by atoms with Crippen LogP contribution in [0.5, 0.6) is 5.75 Å². The number of hydrazone groups is 1. The molecule has 0 spiro atoms. The highest BCUT2D eigenvalue weighted by Gasteiger charge is 2.04. The number of carbonyl (C=O) groups excluding carboxylic acids is 1. The Labute approximate surface area is 129 Å². The Morgan fingerprint density at radius 1 is 1.32 bits per heavy atom. The van der Waals surface area contributed by atoms with E-state index in [1.54, 1.807) is 6.07 Å². The number of nitrogens with one attached hydrogen (secondary N) is 1. The van der Waals surface area contributed by atoms with Gasteiger partial charge in [0, 0.05) is 20.2 Å². The minimum atomic E-state index is -0.334. The van der Waals surface area contributed by atoms with Crippen molar-refractivity contribution in [3.63, 3.8) is 0 Å². The minimum Gasteiger partial charge on any atom is -0.483 e. The van der Waals surface area contributed by atoms with E-state index < -0.39 is 0 Å². The van der Waals surface area contributed by atoms with Gasteiger partial charge < -0.3 is 14.1 Å². The molecule has 116 valence electrons. The van der Waals surface area contributed by atoms with E-state index in [2.05, 4.69) is 10.5 Å². The molecule has 1 aromatic carbocycles. The Balaban J connectivity index is 1.80. The van der Waals surface area contributed by atoms with E-state index in [4.69, 9.17) is 9.15 Å². The molecule has 1 heterocycles. The molecule has 0 aliphatic heterocycles. The fourth-order valence-corrected chi connectivity index (χ4v) is 1.71. The summed E-state index contributed by atoms with van der Waals surface area (Å²) in [6.07, 6.45) is 1.44. The van der Waals surface area contributed by atoms with E-state index >= 15 is 0 Å². The van der Waals surface area contributed by atoms with Crippen LogP contribution in [0, 0.1) is 6.92 Å². The Bertz CT molecular complexity index is 662. The number of nitrogens with zero attached hydrogens (tertiary/aromatic N) is 2. The molecule has 0 atom stereocenters. The molecule has 2 rings (SSSR count). The van der Waals surface area contributed by atoms with Crippen LogP contribution in [0.25, 0.3) is 0 Å². The number of para-hydroxylation sites is 1. The minimum absolute atomic E-state index is 0.0940. The molecule has 6 nitrogen and oxygen atoms in total. The number of amides is 1. The van der Waals surface area contributed by atoms with E-state index in [1.165, 1.54) is 6.21 Å². The van der Waals surface area contributed by atoms with E-state index in [0.29, 0.717) is 11.5 Å². The molecule has 0 radical (unpaired) electrons. The van der Waals surface area contributed by atoms with Crippen molar-refractivity contribution >= 4 is 18.0 Å². The number of anilines is 1. The summed E-state index contributed by atoms with van der Waals surface area (Å²) in [6.45, 7) is 1.83. The summed E-state index contributed by atoms with van der Waals surface area (Å²) in [5, 5.41) is 3.83. The molecule has 6 heteroatoms. The van der Waals surface area contributed by atoms with E-state index in [0.717, 1.165) is 11.4 Å². The molecule has 2 aromatic rings. The van der Waals surface area contributed by atoms with Gasteiger partial charge in [0.2, 0.25) is 0 Å². The second kappa shape index (κ2) is 7.31. The summed E-state index contributed by atoms with van der Waals surface area (Å²) < 4.78 is 10.9. The van der Waals surface area contributed by atoms with Crippen molar-refractivity contribution in [1.29, 1.82) is 0 Å². The number of aryl methyl sites for hydroxylation is 1. The first kappa shape index (κ1) is 15.6. The maximum atomic E-state index is 11.6. The number of furan rings is 1. The van der Waals surface area contributed by atoms with Crippen molar-refractivity contribution in [1.82, 2.24) is 5.43 Å². The highest BCUT2D eigenvalue weighted by molar-refractivity contribution is 5.81. The lowest BCUT2D eigenvalue weighted by Gasteiger charge is -2.07. The number of hydrogen-bond acceptors (Lipinski definition) is 5. The molecule has 0 aliphatic rings. The zero-order valence-electron chi connectivity index (χ0n) is 12.9. The average molecular weight is 301 g/mol. The third-order valence-electron chi connectivity index (χ3n) is 2.89. The predicted molar refractivity (Wildman–Crippen MR) is 85.4 cm³/mol. The summed E-state index contributed by atoms with van der Waals surface area (Å²) >= 11 is 0. The molecule has 22 heavy (non-hydrogen) atoms. The largest absolute Gasteiger partial charge is 0.483 e. The Morgan fingerprint density at radius 2 is 2.09 bits per heavy atom. The summed E-state index contributed by atoms with van der Waals surface area (Å²) in [5.74, 6) is 1.63. The third-order valence-corrected chi connectivity index (χ3v) is 2.89. The number of ether oxygens (including phenoxy) is 1. The molecular weight excluding hydrogens is 282 g/mol. The molecular formula is C16H19N3O3. The molecule has 0 unspecified atom stereocenters. The highest BCUT2D eigenvalue weighted by atomic mass is 16.5. The van der Waals surface area contributed by atoms with Gasteiger partial charge in [-0.25, -0.2) is 5.43 Å². The Hall–Kier alpha value is -2.76. The van der Waals surface area contributed by atoms with Gasteiger partial charge in [0.05, 0.1) is 6.21 Å². The maximum Gasteiger partial charge on any atom is 0.277 e. The van der Waals surface area contributed by atoms with Crippen LogP contribution in [0.2, 0.25) is 0 Å². The second-order valence-corrected chi connectivity index (χ2v) is 4.92. The molecule has 1 amide bonds. The van der Waals surface area contributed by atoms with Gasteiger partial charge in [0.25, 0.3) is 5.91 Å². The molecule has 0 aliphatic carbocycles. The van der Waals surface area contributed by atoms with Crippen LogP contribution in [0.15, 0.2) is 45.9 Å². The smallest absolute Gasteiger partial charge is 0.277 e. The summed E-state index contributed by atoms with van der Waals surface area (Å²) in [5.41, 5.74) is 3.37. The SMILES string of the molecule is Cc1ccccc1OCC(=O)N/N=C/c1ccc(N(C)C)o1. The second-order valence-electron chi connectivity index (χ2n) is 4.92. The lowest BCUT2D eigenvalue weighted by atomic mass is 10.2. The lowest BCUT2D eigenvalue weighted by Crippen LogP contribution is -2.24. The normalized spacial score (nSPS) is 10.7. The first-order chi connectivity index (χ1) is 10.6. The van der Waals surface area contributed by atoms with Crippen LogP contribution in [-0.4, -0.2) is 32.8 Å². The molecule has 1 aromatic heterocycles.